The van der Waals surface area contributed by atoms with Crippen LogP contribution in [0.5, 0.6) is 0 Å². The Kier molecular flexibility index (Phi) is 5.33. The summed E-state index contributed by atoms with van der Waals surface area (Å²) in [6.07, 6.45) is 6.73. The van der Waals surface area contributed by atoms with Crippen molar-refractivity contribution in [3.8, 4) is 0 Å². The fourth-order valence-corrected chi connectivity index (χ4v) is 3.23. The van der Waals surface area contributed by atoms with Crippen LogP contribution >= 0.6 is 0 Å². The fraction of sp³-hybridized carbons (Fsp3) is 0.500. The van der Waals surface area contributed by atoms with Crippen LogP contribution in [-0.2, 0) is 14.3 Å². The third-order valence-corrected chi connectivity index (χ3v) is 4.62. The van der Waals surface area contributed by atoms with Crippen LogP contribution in [0.1, 0.15) is 43.0 Å². The molecule has 7 nitrogen and oxygen atoms in total. The van der Waals surface area contributed by atoms with Gasteiger partial charge in [0.1, 0.15) is 5.56 Å². The average molecular weight is 345 g/mol. The quantitative estimate of drug-likeness (QED) is 0.843. The number of hydrogen-bond donors (Lipinski definition) is 1. The lowest BCUT2D eigenvalue weighted by Crippen LogP contribution is -2.28. The van der Waals surface area contributed by atoms with Crippen molar-refractivity contribution in [1.29, 1.82) is 0 Å². The number of pyridine rings is 1. The predicted octanol–water partition coefficient (Wildman–Crippen LogP) is 2.65. The second-order valence-corrected chi connectivity index (χ2v) is 6.34. The topological polar surface area (TPSA) is 81.9 Å². The van der Waals surface area contributed by atoms with Crippen LogP contribution in [0, 0.1) is 5.92 Å². The smallest absolute Gasteiger partial charge is 0.341 e. The number of fused-ring (bicyclic) bond motifs is 1. The number of amides is 1. The zero-order valence-electron chi connectivity index (χ0n) is 14.5. The van der Waals surface area contributed by atoms with Crippen LogP contribution in [0.3, 0.4) is 0 Å². The first-order chi connectivity index (χ1) is 12.1. The van der Waals surface area contributed by atoms with Crippen LogP contribution in [0.15, 0.2) is 24.5 Å². The summed E-state index contributed by atoms with van der Waals surface area (Å²) in [5.74, 6) is -0.125. The Hall–Kier alpha value is -2.41. The molecule has 2 atom stereocenters. The number of methoxy groups -OCH3 is 1. The van der Waals surface area contributed by atoms with Gasteiger partial charge in [0.2, 0.25) is 5.91 Å². The number of hydrogen-bond acceptors (Lipinski definition) is 5. The number of aromatic nitrogens is 2. The highest BCUT2D eigenvalue weighted by Gasteiger charge is 2.23. The van der Waals surface area contributed by atoms with E-state index in [0.717, 1.165) is 25.9 Å². The van der Waals surface area contributed by atoms with E-state index in [2.05, 4.69) is 17.3 Å². The third kappa shape index (κ3) is 3.99. The van der Waals surface area contributed by atoms with Crippen molar-refractivity contribution in [2.45, 2.75) is 38.7 Å². The van der Waals surface area contributed by atoms with Gasteiger partial charge in [-0.25, -0.2) is 9.31 Å². The highest BCUT2D eigenvalue weighted by molar-refractivity contribution is 5.98. The van der Waals surface area contributed by atoms with Gasteiger partial charge in [-0.1, -0.05) is 6.92 Å². The molecular formula is C18H23N3O4. The van der Waals surface area contributed by atoms with E-state index >= 15 is 0 Å². The molecule has 1 fully saturated rings. The highest BCUT2D eigenvalue weighted by atomic mass is 16.5. The molecule has 1 aliphatic rings. The predicted molar refractivity (Wildman–Crippen MR) is 92.5 cm³/mol. The van der Waals surface area contributed by atoms with Crippen LogP contribution in [0.4, 0.5) is 5.69 Å². The molecule has 1 N–H and O–H groups in total. The summed E-state index contributed by atoms with van der Waals surface area (Å²) in [5.41, 5.74) is 1.61. The largest absolute Gasteiger partial charge is 0.465 e. The minimum atomic E-state index is -0.453. The van der Waals surface area contributed by atoms with Crippen molar-refractivity contribution in [3.63, 3.8) is 0 Å². The molecule has 2 unspecified atom stereocenters. The van der Waals surface area contributed by atoms with Crippen LogP contribution in [0.25, 0.3) is 5.52 Å². The van der Waals surface area contributed by atoms with Gasteiger partial charge in [0.05, 0.1) is 24.9 Å². The number of ether oxygens (including phenoxy) is 2. The van der Waals surface area contributed by atoms with Gasteiger partial charge < -0.3 is 14.8 Å². The van der Waals surface area contributed by atoms with Gasteiger partial charge in [0.25, 0.3) is 0 Å². The summed E-state index contributed by atoms with van der Waals surface area (Å²) in [6, 6.07) is 3.49. The number of carbonyl (C=O) groups is 2. The monoisotopic (exact) mass is 345 g/mol. The maximum absolute atomic E-state index is 12.4. The van der Waals surface area contributed by atoms with E-state index in [0.29, 0.717) is 29.1 Å². The summed E-state index contributed by atoms with van der Waals surface area (Å²) < 4.78 is 12.0. The molecule has 0 aliphatic carbocycles. The standard InChI is InChI=1S/C18H23N3O4/c1-3-14-8-12(5-7-25-14)9-17(22)20-13-4-6-21-16(10-13)15(11-19-21)18(23)24-2/h4,6,10-12,14H,3,5,7-9H2,1-2H3,(H,20,22). The lowest BCUT2D eigenvalue weighted by atomic mass is 9.91. The molecule has 1 amide bonds. The normalized spacial score (nSPS) is 20.4. The van der Waals surface area contributed by atoms with Gasteiger partial charge in [-0.05, 0) is 37.3 Å². The Balaban J connectivity index is 1.67. The molecule has 2 aromatic heterocycles. The minimum Gasteiger partial charge on any atom is -0.465 e. The van der Waals surface area contributed by atoms with Gasteiger partial charge in [-0.2, -0.15) is 5.10 Å². The molecule has 3 heterocycles. The van der Waals surface area contributed by atoms with E-state index in [-0.39, 0.29) is 12.0 Å². The fourth-order valence-electron chi connectivity index (χ4n) is 3.23. The summed E-state index contributed by atoms with van der Waals surface area (Å²) in [7, 11) is 1.33. The summed E-state index contributed by atoms with van der Waals surface area (Å²) in [4.78, 5) is 24.1. The zero-order valence-corrected chi connectivity index (χ0v) is 14.5. The van der Waals surface area contributed by atoms with Crippen molar-refractivity contribution in [2.75, 3.05) is 19.0 Å². The summed E-state index contributed by atoms with van der Waals surface area (Å²) in [5, 5.41) is 7.02. The lowest BCUT2D eigenvalue weighted by molar-refractivity contribution is -0.118. The molecular weight excluding hydrogens is 322 g/mol. The second-order valence-electron chi connectivity index (χ2n) is 6.34. The molecule has 3 rings (SSSR count). The molecule has 134 valence electrons. The SMILES string of the molecule is CCC1CC(CC(=O)Nc2ccn3ncc(C(=O)OC)c3c2)CCO1. The van der Waals surface area contributed by atoms with Crippen molar-refractivity contribution in [3.05, 3.63) is 30.1 Å². The third-order valence-electron chi connectivity index (χ3n) is 4.62. The van der Waals surface area contributed by atoms with Crippen molar-refractivity contribution in [1.82, 2.24) is 9.61 Å². The van der Waals surface area contributed by atoms with Gasteiger partial charge in [0, 0.05) is 24.9 Å². The lowest BCUT2D eigenvalue weighted by Gasteiger charge is -2.28. The minimum absolute atomic E-state index is 0.0229. The second kappa shape index (κ2) is 7.65. The Morgan fingerprint density at radius 3 is 3.08 bits per heavy atom. The number of nitrogens with zero attached hydrogens (tertiary/aromatic N) is 2. The van der Waals surface area contributed by atoms with E-state index in [4.69, 9.17) is 9.47 Å². The van der Waals surface area contributed by atoms with E-state index in [1.165, 1.54) is 13.3 Å². The molecule has 0 spiro atoms. The van der Waals surface area contributed by atoms with E-state index in [1.54, 1.807) is 22.8 Å². The summed E-state index contributed by atoms with van der Waals surface area (Å²) in [6.45, 7) is 2.83. The van der Waals surface area contributed by atoms with Crippen LogP contribution in [0.2, 0.25) is 0 Å². The van der Waals surface area contributed by atoms with Crippen LogP contribution < -0.4 is 5.32 Å². The van der Waals surface area contributed by atoms with Crippen LogP contribution in [-0.4, -0.2) is 41.3 Å². The molecule has 0 bridgehead atoms. The molecule has 0 radical (unpaired) electrons. The molecule has 0 aromatic carbocycles. The first-order valence-electron chi connectivity index (χ1n) is 8.57. The van der Waals surface area contributed by atoms with E-state index in [1.807, 2.05) is 0 Å². The highest BCUT2D eigenvalue weighted by Crippen LogP contribution is 2.25. The van der Waals surface area contributed by atoms with Gasteiger partial charge >= 0.3 is 5.97 Å². The zero-order chi connectivity index (χ0) is 17.8. The maximum Gasteiger partial charge on any atom is 0.341 e. The van der Waals surface area contributed by atoms with Crippen molar-refractivity contribution >= 4 is 23.1 Å². The molecule has 0 saturated carbocycles. The van der Waals surface area contributed by atoms with E-state index in [9.17, 15) is 9.59 Å². The Labute approximate surface area is 146 Å². The van der Waals surface area contributed by atoms with Crippen molar-refractivity contribution in [2.24, 2.45) is 5.92 Å². The van der Waals surface area contributed by atoms with E-state index < -0.39 is 5.97 Å². The number of anilines is 1. The molecule has 2 aromatic rings. The number of rotatable bonds is 5. The first kappa shape index (κ1) is 17.4. The molecule has 25 heavy (non-hydrogen) atoms. The Morgan fingerprint density at radius 2 is 2.32 bits per heavy atom. The Bertz CT molecular complexity index is 771. The first-order valence-corrected chi connectivity index (χ1v) is 8.57. The average Bonchev–Trinajstić information content (AvgIpc) is 3.04. The summed E-state index contributed by atoms with van der Waals surface area (Å²) >= 11 is 0. The number of esters is 1. The molecule has 1 aliphatic heterocycles. The van der Waals surface area contributed by atoms with Gasteiger partial charge in [-0.15, -0.1) is 0 Å². The molecule has 7 heteroatoms. The van der Waals surface area contributed by atoms with Gasteiger partial charge in [-0.3, -0.25) is 4.79 Å². The number of carbonyl (C=O) groups excluding carboxylic acids is 2. The van der Waals surface area contributed by atoms with Gasteiger partial charge in [0.15, 0.2) is 0 Å². The Morgan fingerprint density at radius 1 is 1.48 bits per heavy atom. The number of nitrogens with one attached hydrogen (secondary N) is 1. The molecule has 1 saturated heterocycles. The maximum atomic E-state index is 12.4. The van der Waals surface area contributed by atoms with Crippen molar-refractivity contribution < 1.29 is 19.1 Å².